The van der Waals surface area contributed by atoms with Crippen LogP contribution in [0.1, 0.15) is 29.6 Å². The van der Waals surface area contributed by atoms with Gasteiger partial charge in [0.15, 0.2) is 0 Å². The third-order valence-corrected chi connectivity index (χ3v) is 10.3. The molecule has 0 unspecified atom stereocenters. The summed E-state index contributed by atoms with van der Waals surface area (Å²) in [5, 5.41) is 1.19. The highest BCUT2D eigenvalue weighted by molar-refractivity contribution is 9.10. The predicted octanol–water partition coefficient (Wildman–Crippen LogP) is 4.40. The van der Waals surface area contributed by atoms with Crippen molar-refractivity contribution in [2.24, 2.45) is 5.92 Å². The first-order chi connectivity index (χ1) is 14.8. The number of fused-ring (bicyclic) bond motifs is 3. The minimum Gasteiger partial charge on any atom is -0.353 e. The van der Waals surface area contributed by atoms with Crippen LogP contribution in [-0.4, -0.2) is 48.9 Å². The van der Waals surface area contributed by atoms with Crippen LogP contribution in [0.2, 0.25) is 0 Å². The van der Waals surface area contributed by atoms with Crippen molar-refractivity contribution < 1.29 is 8.42 Å². The van der Waals surface area contributed by atoms with E-state index in [-0.39, 0.29) is 0 Å². The Morgan fingerprint density at radius 1 is 1.13 bits per heavy atom. The summed E-state index contributed by atoms with van der Waals surface area (Å²) in [6.45, 7) is 6.38. The van der Waals surface area contributed by atoms with Gasteiger partial charge in [-0.15, -0.1) is 11.3 Å². The van der Waals surface area contributed by atoms with Crippen molar-refractivity contribution in [2.45, 2.75) is 38.0 Å². The Bertz CT molecular complexity index is 1250. The maximum atomic E-state index is 13.2. The largest absolute Gasteiger partial charge is 0.353 e. The highest BCUT2D eigenvalue weighted by Gasteiger charge is 2.32. The molecule has 0 bridgehead atoms. The number of hydrogen-bond donors (Lipinski definition) is 0. The van der Waals surface area contributed by atoms with Crippen LogP contribution in [-0.2, 0) is 22.9 Å². The fourth-order valence-corrected chi connectivity index (χ4v) is 8.40. The molecule has 164 valence electrons. The molecule has 0 saturated carbocycles. The Kier molecular flexibility index (Phi) is 5.57. The van der Waals surface area contributed by atoms with Crippen LogP contribution in [0.5, 0.6) is 0 Å². The van der Waals surface area contributed by atoms with Crippen molar-refractivity contribution in [2.75, 3.05) is 31.1 Å². The molecule has 9 heteroatoms. The number of nitrogens with zero attached hydrogens (tertiary/aromatic N) is 4. The van der Waals surface area contributed by atoms with E-state index >= 15 is 0 Å². The molecule has 1 fully saturated rings. The second-order valence-corrected chi connectivity index (χ2v) is 12.3. The van der Waals surface area contributed by atoms with Gasteiger partial charge in [0.05, 0.1) is 10.3 Å². The number of sulfonamides is 1. The zero-order valence-electron chi connectivity index (χ0n) is 17.6. The zero-order valence-corrected chi connectivity index (χ0v) is 20.9. The fourth-order valence-electron chi connectivity index (χ4n) is 4.59. The Morgan fingerprint density at radius 3 is 2.61 bits per heavy atom. The van der Waals surface area contributed by atoms with Gasteiger partial charge in [-0.3, -0.25) is 0 Å². The SMILES string of the molecule is Cc1nc(N2CCN(S(=O)(=O)c3ccccc3Br)CC2)c2c3c(sc2n1)C[C@H](C)CC3. The van der Waals surface area contributed by atoms with E-state index in [0.29, 0.717) is 41.5 Å². The molecule has 2 aliphatic rings. The smallest absolute Gasteiger partial charge is 0.244 e. The third-order valence-electron chi connectivity index (χ3n) is 6.24. The summed E-state index contributed by atoms with van der Waals surface area (Å²) in [6, 6.07) is 7.01. The van der Waals surface area contributed by atoms with E-state index in [2.05, 4.69) is 27.8 Å². The van der Waals surface area contributed by atoms with Crippen molar-refractivity contribution in [1.29, 1.82) is 0 Å². The molecule has 0 radical (unpaired) electrons. The number of piperazine rings is 1. The predicted molar refractivity (Wildman–Crippen MR) is 128 cm³/mol. The van der Waals surface area contributed by atoms with Crippen LogP contribution in [0.4, 0.5) is 5.82 Å². The monoisotopic (exact) mass is 520 g/mol. The molecule has 1 aliphatic heterocycles. The number of aryl methyl sites for hydroxylation is 2. The van der Waals surface area contributed by atoms with E-state index in [4.69, 9.17) is 9.97 Å². The molecule has 5 rings (SSSR count). The van der Waals surface area contributed by atoms with E-state index in [1.165, 1.54) is 22.2 Å². The molecule has 0 N–H and O–H groups in total. The molecule has 0 amide bonds. The summed E-state index contributed by atoms with van der Waals surface area (Å²) in [5.74, 6) is 2.47. The number of rotatable bonds is 3. The van der Waals surface area contributed by atoms with Crippen molar-refractivity contribution in [3.8, 4) is 0 Å². The first-order valence-corrected chi connectivity index (χ1v) is 13.7. The number of aromatic nitrogens is 2. The highest BCUT2D eigenvalue weighted by atomic mass is 79.9. The van der Waals surface area contributed by atoms with Gasteiger partial charge in [0.1, 0.15) is 16.5 Å². The lowest BCUT2D eigenvalue weighted by molar-refractivity contribution is 0.384. The minimum atomic E-state index is -3.53. The number of hydrogen-bond acceptors (Lipinski definition) is 6. The van der Waals surface area contributed by atoms with E-state index < -0.39 is 10.0 Å². The van der Waals surface area contributed by atoms with Crippen LogP contribution in [0, 0.1) is 12.8 Å². The zero-order chi connectivity index (χ0) is 21.8. The van der Waals surface area contributed by atoms with Crippen LogP contribution in [0.25, 0.3) is 10.2 Å². The van der Waals surface area contributed by atoms with Gasteiger partial charge in [-0.2, -0.15) is 4.31 Å². The quantitative estimate of drug-likeness (QED) is 0.512. The van der Waals surface area contributed by atoms with E-state index in [9.17, 15) is 8.42 Å². The first-order valence-electron chi connectivity index (χ1n) is 10.6. The number of halogens is 1. The number of benzene rings is 1. The molecule has 6 nitrogen and oxygen atoms in total. The standard InChI is InChI=1S/C22H25BrN4O2S2/c1-14-7-8-16-18(13-14)30-22-20(16)21(24-15(2)25-22)26-9-11-27(12-10-26)31(28,29)19-6-4-3-5-17(19)23/h3-6,14H,7-13H2,1-2H3/t14-/m1/s1. The molecule has 3 heterocycles. The van der Waals surface area contributed by atoms with Gasteiger partial charge in [0, 0.05) is 35.5 Å². The van der Waals surface area contributed by atoms with Gasteiger partial charge in [0.2, 0.25) is 10.0 Å². The van der Waals surface area contributed by atoms with Crippen LogP contribution >= 0.6 is 27.3 Å². The number of anilines is 1. The van der Waals surface area contributed by atoms with Gasteiger partial charge in [-0.05, 0) is 65.7 Å². The van der Waals surface area contributed by atoms with Gasteiger partial charge in [0.25, 0.3) is 0 Å². The van der Waals surface area contributed by atoms with Crippen LogP contribution < -0.4 is 4.90 Å². The lowest BCUT2D eigenvalue weighted by Crippen LogP contribution is -2.49. The summed E-state index contributed by atoms with van der Waals surface area (Å²) in [6.07, 6.45) is 3.39. The molecule has 2 aromatic heterocycles. The van der Waals surface area contributed by atoms with E-state index in [1.54, 1.807) is 22.5 Å². The second-order valence-electron chi connectivity index (χ2n) is 8.45. The Balaban J connectivity index is 1.44. The topological polar surface area (TPSA) is 66.4 Å². The Hall–Kier alpha value is -1.55. The van der Waals surface area contributed by atoms with Crippen molar-refractivity contribution >= 4 is 53.3 Å². The van der Waals surface area contributed by atoms with Gasteiger partial charge < -0.3 is 4.90 Å². The minimum absolute atomic E-state index is 0.324. The third kappa shape index (κ3) is 3.79. The van der Waals surface area contributed by atoms with E-state index in [0.717, 1.165) is 29.3 Å². The molecule has 1 saturated heterocycles. The molecule has 1 aromatic carbocycles. The molecule has 31 heavy (non-hydrogen) atoms. The number of thiophene rings is 1. The first kappa shape index (κ1) is 21.3. The lowest BCUT2D eigenvalue weighted by Gasteiger charge is -2.35. The molecule has 3 aromatic rings. The summed E-state index contributed by atoms with van der Waals surface area (Å²) < 4.78 is 28.5. The Labute approximate surface area is 195 Å². The summed E-state index contributed by atoms with van der Waals surface area (Å²) in [7, 11) is -3.53. The van der Waals surface area contributed by atoms with Crippen LogP contribution in [0.15, 0.2) is 33.6 Å². The molecule has 1 aliphatic carbocycles. The van der Waals surface area contributed by atoms with Crippen molar-refractivity contribution in [1.82, 2.24) is 14.3 Å². The maximum Gasteiger partial charge on any atom is 0.244 e. The van der Waals surface area contributed by atoms with Crippen molar-refractivity contribution in [3.05, 3.63) is 45.0 Å². The summed E-state index contributed by atoms with van der Waals surface area (Å²) in [5.41, 5.74) is 1.41. The Morgan fingerprint density at radius 2 is 1.87 bits per heavy atom. The van der Waals surface area contributed by atoms with Crippen LogP contribution in [0.3, 0.4) is 0 Å². The van der Waals surface area contributed by atoms with Gasteiger partial charge in [-0.25, -0.2) is 18.4 Å². The van der Waals surface area contributed by atoms with Crippen molar-refractivity contribution in [3.63, 3.8) is 0 Å². The fraction of sp³-hybridized carbons (Fsp3) is 0.455. The summed E-state index contributed by atoms with van der Waals surface area (Å²) >= 11 is 5.20. The molecular formula is C22H25BrN4O2S2. The molecular weight excluding hydrogens is 496 g/mol. The van der Waals surface area contributed by atoms with E-state index in [1.807, 2.05) is 24.3 Å². The maximum absolute atomic E-state index is 13.2. The average Bonchev–Trinajstić information content (AvgIpc) is 3.10. The normalized spacial score (nSPS) is 20.2. The molecule has 1 atom stereocenters. The van der Waals surface area contributed by atoms with Gasteiger partial charge in [-0.1, -0.05) is 19.1 Å². The van der Waals surface area contributed by atoms with Gasteiger partial charge >= 0.3 is 0 Å². The lowest BCUT2D eigenvalue weighted by atomic mass is 9.89. The highest BCUT2D eigenvalue weighted by Crippen LogP contribution is 2.41. The average molecular weight is 522 g/mol. The molecule has 0 spiro atoms. The second kappa shape index (κ2) is 8.10. The summed E-state index contributed by atoms with van der Waals surface area (Å²) in [4.78, 5) is 14.7.